The zero-order valence-electron chi connectivity index (χ0n) is 15.8. The van der Waals surface area contributed by atoms with Crippen molar-refractivity contribution in [2.75, 3.05) is 20.8 Å². The molecule has 3 rings (SSSR count). The molecule has 0 fully saturated rings. The fourth-order valence-electron chi connectivity index (χ4n) is 3.08. The van der Waals surface area contributed by atoms with E-state index in [9.17, 15) is 9.59 Å². The summed E-state index contributed by atoms with van der Waals surface area (Å²) in [7, 11) is 2.86. The highest BCUT2D eigenvalue weighted by Crippen LogP contribution is 2.29. The summed E-state index contributed by atoms with van der Waals surface area (Å²) in [6.07, 6.45) is 0.574. The summed E-state index contributed by atoms with van der Waals surface area (Å²) >= 11 is 0. The van der Waals surface area contributed by atoms with Gasteiger partial charge in [0.1, 0.15) is 5.75 Å². The Hall–Kier alpha value is -3.35. The average Bonchev–Trinajstić information content (AvgIpc) is 3.16. The van der Waals surface area contributed by atoms with Crippen molar-refractivity contribution in [1.82, 2.24) is 5.32 Å². The zero-order valence-corrected chi connectivity index (χ0v) is 15.8. The van der Waals surface area contributed by atoms with Crippen molar-refractivity contribution in [3.63, 3.8) is 0 Å². The molecular weight excluding hydrogens is 360 g/mol. The van der Waals surface area contributed by atoms with Gasteiger partial charge in [0, 0.05) is 18.4 Å². The van der Waals surface area contributed by atoms with Crippen LogP contribution in [0, 0.1) is 0 Å². The Morgan fingerprint density at radius 1 is 1.14 bits per heavy atom. The first-order chi connectivity index (χ1) is 13.6. The molecule has 2 aromatic carbocycles. The summed E-state index contributed by atoms with van der Waals surface area (Å²) < 4.78 is 10.1. The Morgan fingerprint density at radius 3 is 2.64 bits per heavy atom. The Kier molecular flexibility index (Phi) is 5.93. The molecule has 0 radical (unpaired) electrons. The Morgan fingerprint density at radius 2 is 1.93 bits per heavy atom. The molecule has 146 valence electrons. The largest absolute Gasteiger partial charge is 0.497 e. The van der Waals surface area contributed by atoms with E-state index < -0.39 is 11.6 Å². The molecule has 7 nitrogen and oxygen atoms in total. The van der Waals surface area contributed by atoms with Gasteiger partial charge in [-0.3, -0.25) is 4.79 Å². The fourth-order valence-corrected chi connectivity index (χ4v) is 3.08. The first kappa shape index (κ1) is 19.4. The maximum absolute atomic E-state index is 12.4. The van der Waals surface area contributed by atoms with Crippen molar-refractivity contribution in [1.29, 1.82) is 0 Å². The van der Waals surface area contributed by atoms with Crippen LogP contribution in [0.3, 0.4) is 0 Å². The number of nitrogens with one attached hydrogen (secondary N) is 1. The molecule has 0 aromatic heterocycles. The van der Waals surface area contributed by atoms with Gasteiger partial charge in [-0.15, -0.1) is 0 Å². The van der Waals surface area contributed by atoms with Gasteiger partial charge in [-0.1, -0.05) is 41.6 Å². The second kappa shape index (κ2) is 8.56. The molecule has 7 heteroatoms. The van der Waals surface area contributed by atoms with E-state index in [-0.39, 0.29) is 18.9 Å². The number of benzene rings is 2. The topological polar surface area (TPSA) is 86.2 Å². The van der Waals surface area contributed by atoms with Gasteiger partial charge >= 0.3 is 5.97 Å². The van der Waals surface area contributed by atoms with Crippen LogP contribution >= 0.6 is 0 Å². The molecule has 1 unspecified atom stereocenters. The van der Waals surface area contributed by atoms with Crippen LogP contribution in [-0.2, 0) is 20.8 Å². The van der Waals surface area contributed by atoms with E-state index in [4.69, 9.17) is 14.3 Å². The van der Waals surface area contributed by atoms with Crippen molar-refractivity contribution in [3.8, 4) is 5.75 Å². The van der Waals surface area contributed by atoms with Gasteiger partial charge in [0.2, 0.25) is 5.60 Å². The summed E-state index contributed by atoms with van der Waals surface area (Å²) in [5.41, 5.74) is 0.760. The summed E-state index contributed by atoms with van der Waals surface area (Å²) in [5, 5.41) is 6.82. The Bertz CT molecular complexity index is 881. The molecule has 0 aliphatic carbocycles. The normalized spacial score (nSPS) is 18.0. The summed E-state index contributed by atoms with van der Waals surface area (Å²) in [6.45, 7) is 0.170. The van der Waals surface area contributed by atoms with Crippen LogP contribution in [0.5, 0.6) is 5.75 Å². The highest BCUT2D eigenvalue weighted by Gasteiger charge is 2.47. The number of rotatable bonds is 7. The second-order valence-corrected chi connectivity index (χ2v) is 6.49. The predicted molar refractivity (Wildman–Crippen MR) is 103 cm³/mol. The van der Waals surface area contributed by atoms with E-state index in [0.29, 0.717) is 23.4 Å². The second-order valence-electron chi connectivity index (χ2n) is 6.49. The molecule has 1 amide bonds. The van der Waals surface area contributed by atoms with Crippen LogP contribution in [0.25, 0.3) is 0 Å². The number of ether oxygens (including phenoxy) is 2. The molecule has 1 N–H and O–H groups in total. The summed E-state index contributed by atoms with van der Waals surface area (Å²) in [6, 6.07) is 16.4. The number of hydrogen-bond donors (Lipinski definition) is 1. The third-order valence-electron chi connectivity index (χ3n) is 4.51. The minimum Gasteiger partial charge on any atom is -0.497 e. The molecule has 1 heterocycles. The van der Waals surface area contributed by atoms with Crippen molar-refractivity contribution in [3.05, 3.63) is 65.7 Å². The lowest BCUT2D eigenvalue weighted by Gasteiger charge is -2.23. The molecule has 1 aliphatic heterocycles. The minimum absolute atomic E-state index is 0.170. The van der Waals surface area contributed by atoms with Gasteiger partial charge in [-0.05, 0) is 23.8 Å². The van der Waals surface area contributed by atoms with E-state index in [1.54, 1.807) is 31.4 Å². The maximum Gasteiger partial charge on any atom is 0.353 e. The van der Waals surface area contributed by atoms with Crippen molar-refractivity contribution in [2.24, 2.45) is 5.16 Å². The SMILES string of the molecule is COC(=O)C1(Cc2ccccc2)CC(CNC(=O)c2cccc(OC)c2)=NO1. The van der Waals surface area contributed by atoms with Gasteiger partial charge in [0.15, 0.2) is 0 Å². The van der Waals surface area contributed by atoms with E-state index >= 15 is 0 Å². The van der Waals surface area contributed by atoms with Crippen LogP contribution in [-0.4, -0.2) is 44.0 Å². The van der Waals surface area contributed by atoms with Crippen LogP contribution in [0.15, 0.2) is 59.8 Å². The summed E-state index contributed by atoms with van der Waals surface area (Å²) in [5.74, 6) is -0.156. The lowest BCUT2D eigenvalue weighted by molar-refractivity contribution is -0.166. The number of carbonyl (C=O) groups is 2. The van der Waals surface area contributed by atoms with Crippen LogP contribution in [0.2, 0.25) is 0 Å². The lowest BCUT2D eigenvalue weighted by atomic mass is 9.89. The van der Waals surface area contributed by atoms with E-state index in [1.807, 2.05) is 30.3 Å². The van der Waals surface area contributed by atoms with Crippen LogP contribution < -0.4 is 10.1 Å². The first-order valence-corrected chi connectivity index (χ1v) is 8.85. The smallest absolute Gasteiger partial charge is 0.353 e. The van der Waals surface area contributed by atoms with Crippen molar-refractivity contribution >= 4 is 17.6 Å². The monoisotopic (exact) mass is 382 g/mol. The predicted octanol–water partition coefficient (Wildman–Crippen LogP) is 2.36. The van der Waals surface area contributed by atoms with Gasteiger partial charge in [0.25, 0.3) is 5.91 Å². The first-order valence-electron chi connectivity index (χ1n) is 8.85. The van der Waals surface area contributed by atoms with Crippen LogP contribution in [0.1, 0.15) is 22.3 Å². The molecule has 0 bridgehead atoms. The van der Waals surface area contributed by atoms with E-state index in [0.717, 1.165) is 5.56 Å². The highest BCUT2D eigenvalue weighted by molar-refractivity contribution is 6.00. The molecule has 1 aliphatic rings. The van der Waals surface area contributed by atoms with E-state index in [1.165, 1.54) is 7.11 Å². The highest BCUT2D eigenvalue weighted by atomic mass is 16.7. The van der Waals surface area contributed by atoms with Gasteiger partial charge in [-0.25, -0.2) is 4.79 Å². The molecule has 0 spiro atoms. The number of oxime groups is 1. The maximum atomic E-state index is 12.4. The van der Waals surface area contributed by atoms with Gasteiger partial charge in [-0.2, -0.15) is 0 Å². The lowest BCUT2D eigenvalue weighted by Crippen LogP contribution is -2.43. The summed E-state index contributed by atoms with van der Waals surface area (Å²) in [4.78, 5) is 30.3. The van der Waals surface area contributed by atoms with Gasteiger partial charge in [0.05, 0.1) is 26.5 Å². The molecule has 0 saturated heterocycles. The van der Waals surface area contributed by atoms with Crippen molar-refractivity contribution < 1.29 is 23.9 Å². The average molecular weight is 382 g/mol. The number of esters is 1. The van der Waals surface area contributed by atoms with Gasteiger partial charge < -0.3 is 19.6 Å². The minimum atomic E-state index is -1.22. The Balaban J connectivity index is 1.64. The van der Waals surface area contributed by atoms with Crippen molar-refractivity contribution in [2.45, 2.75) is 18.4 Å². The zero-order chi connectivity index (χ0) is 20.0. The standard InChI is InChI=1S/C21H22N2O5/c1-26-18-10-6-9-16(11-18)19(24)22-14-17-13-21(28-23-17,20(25)27-2)12-15-7-4-3-5-8-15/h3-11H,12-14H2,1-2H3,(H,22,24). The molecular formula is C21H22N2O5. The molecule has 1 atom stereocenters. The number of amides is 1. The molecule has 28 heavy (non-hydrogen) atoms. The van der Waals surface area contributed by atoms with Crippen LogP contribution in [0.4, 0.5) is 0 Å². The number of hydrogen-bond acceptors (Lipinski definition) is 6. The van der Waals surface area contributed by atoms with E-state index in [2.05, 4.69) is 10.5 Å². The number of nitrogens with zero attached hydrogens (tertiary/aromatic N) is 1. The number of carbonyl (C=O) groups excluding carboxylic acids is 2. The third kappa shape index (κ3) is 4.31. The third-order valence-corrected chi connectivity index (χ3v) is 4.51. The number of methoxy groups -OCH3 is 2. The molecule has 0 saturated carbocycles. The quantitative estimate of drug-likeness (QED) is 0.743. The Labute approximate surface area is 163 Å². The molecule has 2 aromatic rings. The fraction of sp³-hybridized carbons (Fsp3) is 0.286.